The fourth-order valence-electron chi connectivity index (χ4n) is 3.17. The second kappa shape index (κ2) is 6.33. The van der Waals surface area contributed by atoms with Crippen LogP contribution in [0.15, 0.2) is 0 Å². The molecule has 18 heavy (non-hydrogen) atoms. The molecule has 0 amide bonds. The third-order valence-corrected chi connectivity index (χ3v) is 4.00. The van der Waals surface area contributed by atoms with E-state index in [0.717, 1.165) is 38.7 Å². The first-order chi connectivity index (χ1) is 8.63. The van der Waals surface area contributed by atoms with Crippen LogP contribution in [0.5, 0.6) is 0 Å². The predicted octanol–water partition coefficient (Wildman–Crippen LogP) is 1.46. The van der Waals surface area contributed by atoms with Crippen LogP contribution >= 0.6 is 0 Å². The lowest BCUT2D eigenvalue weighted by atomic mass is 9.97. The molecule has 2 fully saturated rings. The highest BCUT2D eigenvalue weighted by Gasteiger charge is 2.39. The van der Waals surface area contributed by atoms with Crippen LogP contribution in [0, 0.1) is 0 Å². The van der Waals surface area contributed by atoms with Crippen molar-refractivity contribution in [3.05, 3.63) is 0 Å². The van der Waals surface area contributed by atoms with Gasteiger partial charge in [-0.1, -0.05) is 13.8 Å². The van der Waals surface area contributed by atoms with Crippen LogP contribution in [-0.4, -0.2) is 48.7 Å². The number of aliphatic hydroxyl groups excluding tert-OH is 1. The standard InChI is InChI=1S/C14H27NO3/c1-11(2)15-14(10-16)6-5-12(8-14)18-9-13-4-3-7-17-13/h11-13,15-16H,3-10H2,1-2H3. The molecule has 2 rings (SSSR count). The molecule has 0 bridgehead atoms. The van der Waals surface area contributed by atoms with Crippen LogP contribution in [0.25, 0.3) is 0 Å². The van der Waals surface area contributed by atoms with Crippen LogP contribution in [0.1, 0.15) is 46.0 Å². The number of hydrogen-bond donors (Lipinski definition) is 2. The van der Waals surface area contributed by atoms with Gasteiger partial charge in [-0.2, -0.15) is 0 Å². The largest absolute Gasteiger partial charge is 0.394 e. The summed E-state index contributed by atoms with van der Waals surface area (Å²) >= 11 is 0. The van der Waals surface area contributed by atoms with Crippen molar-refractivity contribution in [3.8, 4) is 0 Å². The van der Waals surface area contributed by atoms with Gasteiger partial charge in [-0.05, 0) is 32.1 Å². The third kappa shape index (κ3) is 3.67. The topological polar surface area (TPSA) is 50.7 Å². The van der Waals surface area contributed by atoms with Gasteiger partial charge in [0.25, 0.3) is 0 Å². The van der Waals surface area contributed by atoms with E-state index < -0.39 is 0 Å². The molecule has 0 aromatic carbocycles. The van der Waals surface area contributed by atoms with Crippen molar-refractivity contribution in [1.29, 1.82) is 0 Å². The van der Waals surface area contributed by atoms with Gasteiger partial charge in [-0.3, -0.25) is 0 Å². The minimum atomic E-state index is -0.130. The van der Waals surface area contributed by atoms with Gasteiger partial charge >= 0.3 is 0 Å². The highest BCUT2D eigenvalue weighted by molar-refractivity contribution is 4.97. The molecule has 0 aromatic heterocycles. The maximum absolute atomic E-state index is 9.62. The summed E-state index contributed by atoms with van der Waals surface area (Å²) in [6.45, 7) is 6.04. The van der Waals surface area contributed by atoms with Gasteiger partial charge in [0, 0.05) is 18.2 Å². The molecule has 2 aliphatic rings. The number of hydrogen-bond acceptors (Lipinski definition) is 4. The van der Waals surface area contributed by atoms with Gasteiger partial charge in [-0.15, -0.1) is 0 Å². The quantitative estimate of drug-likeness (QED) is 0.756. The van der Waals surface area contributed by atoms with E-state index in [1.807, 2.05) is 0 Å². The zero-order chi connectivity index (χ0) is 13.0. The van der Waals surface area contributed by atoms with E-state index in [1.165, 1.54) is 0 Å². The number of ether oxygens (including phenoxy) is 2. The average Bonchev–Trinajstić information content (AvgIpc) is 2.95. The van der Waals surface area contributed by atoms with Crippen molar-refractivity contribution < 1.29 is 14.6 Å². The van der Waals surface area contributed by atoms with Crippen LogP contribution in [-0.2, 0) is 9.47 Å². The molecule has 1 aliphatic heterocycles. The molecule has 4 heteroatoms. The maximum atomic E-state index is 9.62. The molecule has 1 aliphatic carbocycles. The SMILES string of the molecule is CC(C)NC1(CO)CCC(OCC2CCCO2)C1. The van der Waals surface area contributed by atoms with Crippen molar-refractivity contribution in [2.45, 2.75) is 69.7 Å². The Morgan fingerprint density at radius 1 is 1.44 bits per heavy atom. The summed E-state index contributed by atoms with van der Waals surface area (Å²) in [5.41, 5.74) is -0.130. The Bertz CT molecular complexity index is 253. The summed E-state index contributed by atoms with van der Waals surface area (Å²) in [6, 6.07) is 0.397. The Morgan fingerprint density at radius 2 is 2.28 bits per heavy atom. The zero-order valence-corrected chi connectivity index (χ0v) is 11.7. The summed E-state index contributed by atoms with van der Waals surface area (Å²) in [4.78, 5) is 0. The second-order valence-electron chi connectivity index (χ2n) is 6.07. The average molecular weight is 257 g/mol. The maximum Gasteiger partial charge on any atom is 0.0809 e. The molecule has 0 radical (unpaired) electrons. The molecular weight excluding hydrogens is 230 g/mol. The van der Waals surface area contributed by atoms with Crippen molar-refractivity contribution in [1.82, 2.24) is 5.32 Å². The van der Waals surface area contributed by atoms with E-state index in [2.05, 4.69) is 19.2 Å². The van der Waals surface area contributed by atoms with Gasteiger partial charge in [0.15, 0.2) is 0 Å². The molecule has 3 unspecified atom stereocenters. The van der Waals surface area contributed by atoms with Crippen molar-refractivity contribution >= 4 is 0 Å². The fraction of sp³-hybridized carbons (Fsp3) is 1.00. The van der Waals surface area contributed by atoms with Gasteiger partial charge in [-0.25, -0.2) is 0 Å². The number of rotatable bonds is 6. The molecule has 1 saturated carbocycles. The normalized spacial score (nSPS) is 36.7. The third-order valence-electron chi connectivity index (χ3n) is 4.00. The molecule has 1 saturated heterocycles. The van der Waals surface area contributed by atoms with Crippen molar-refractivity contribution in [3.63, 3.8) is 0 Å². The molecule has 106 valence electrons. The molecule has 2 N–H and O–H groups in total. The minimum absolute atomic E-state index is 0.130. The summed E-state index contributed by atoms with van der Waals surface area (Å²) < 4.78 is 11.5. The highest BCUT2D eigenvalue weighted by atomic mass is 16.5. The van der Waals surface area contributed by atoms with Gasteiger partial charge < -0.3 is 19.9 Å². The predicted molar refractivity (Wildman–Crippen MR) is 70.7 cm³/mol. The summed E-state index contributed by atoms with van der Waals surface area (Å²) in [6.07, 6.45) is 5.80. The minimum Gasteiger partial charge on any atom is -0.394 e. The second-order valence-corrected chi connectivity index (χ2v) is 6.07. The highest BCUT2D eigenvalue weighted by Crippen LogP contribution is 2.32. The van der Waals surface area contributed by atoms with Crippen LogP contribution < -0.4 is 5.32 Å². The lowest BCUT2D eigenvalue weighted by Gasteiger charge is -2.31. The zero-order valence-electron chi connectivity index (χ0n) is 11.7. The monoisotopic (exact) mass is 257 g/mol. The Hall–Kier alpha value is -0.160. The van der Waals surface area contributed by atoms with Crippen molar-refractivity contribution in [2.75, 3.05) is 19.8 Å². The van der Waals surface area contributed by atoms with Crippen LogP contribution in [0.4, 0.5) is 0 Å². The van der Waals surface area contributed by atoms with E-state index in [0.29, 0.717) is 18.8 Å². The van der Waals surface area contributed by atoms with E-state index in [1.54, 1.807) is 0 Å². The lowest BCUT2D eigenvalue weighted by Crippen LogP contribution is -2.50. The molecular formula is C14H27NO3. The Balaban J connectivity index is 1.75. The van der Waals surface area contributed by atoms with Crippen LogP contribution in [0.3, 0.4) is 0 Å². The van der Waals surface area contributed by atoms with Gasteiger partial charge in [0.1, 0.15) is 0 Å². The molecule has 1 heterocycles. The number of aliphatic hydroxyl groups is 1. The van der Waals surface area contributed by atoms with Crippen LogP contribution in [0.2, 0.25) is 0 Å². The summed E-state index contributed by atoms with van der Waals surface area (Å²) in [5, 5.41) is 13.1. The Kier molecular flexibility index (Phi) is 5.01. The van der Waals surface area contributed by atoms with Gasteiger partial charge in [0.05, 0.1) is 25.4 Å². The summed E-state index contributed by atoms with van der Waals surface area (Å²) in [5.74, 6) is 0. The van der Waals surface area contributed by atoms with E-state index in [-0.39, 0.29) is 18.2 Å². The number of nitrogens with one attached hydrogen (secondary N) is 1. The molecule has 4 nitrogen and oxygen atoms in total. The Labute approximate surface area is 110 Å². The first kappa shape index (κ1) is 14.3. The molecule has 3 atom stereocenters. The summed E-state index contributed by atoms with van der Waals surface area (Å²) in [7, 11) is 0. The fourth-order valence-corrected chi connectivity index (χ4v) is 3.17. The van der Waals surface area contributed by atoms with E-state index >= 15 is 0 Å². The Morgan fingerprint density at radius 3 is 2.89 bits per heavy atom. The van der Waals surface area contributed by atoms with Crippen molar-refractivity contribution in [2.24, 2.45) is 0 Å². The molecule has 0 aromatic rings. The first-order valence-electron chi connectivity index (χ1n) is 7.25. The smallest absolute Gasteiger partial charge is 0.0809 e. The van der Waals surface area contributed by atoms with E-state index in [4.69, 9.17) is 9.47 Å². The van der Waals surface area contributed by atoms with E-state index in [9.17, 15) is 5.11 Å². The lowest BCUT2D eigenvalue weighted by molar-refractivity contribution is -0.0217. The first-order valence-corrected chi connectivity index (χ1v) is 7.25. The molecule has 0 spiro atoms. The van der Waals surface area contributed by atoms with Gasteiger partial charge in [0.2, 0.25) is 0 Å².